The number of rotatable bonds is 15. The van der Waals surface area contributed by atoms with Gasteiger partial charge in [-0.25, -0.2) is 0 Å². The molecule has 0 saturated heterocycles. The molecule has 1 aliphatic rings. The Balaban J connectivity index is 1.45. The van der Waals surface area contributed by atoms with E-state index in [1.165, 1.54) is 7.11 Å². The molecular weight excluding hydrogens is 530 g/mol. The van der Waals surface area contributed by atoms with E-state index in [2.05, 4.69) is 5.48 Å². The van der Waals surface area contributed by atoms with Gasteiger partial charge in [0.25, 0.3) is 0 Å². The lowest BCUT2D eigenvalue weighted by Gasteiger charge is -2.35. The summed E-state index contributed by atoms with van der Waals surface area (Å²) in [6.07, 6.45) is -2.07. The first-order valence-corrected chi connectivity index (χ1v) is 14.3. The Hall–Kier alpha value is -3.40. The Kier molecular flexibility index (Phi) is 10.9. The van der Waals surface area contributed by atoms with Crippen LogP contribution in [0.3, 0.4) is 0 Å². The summed E-state index contributed by atoms with van der Waals surface area (Å²) >= 11 is 0. The monoisotopic (exact) mass is 569 g/mol. The van der Waals surface area contributed by atoms with Crippen LogP contribution >= 0.6 is 0 Å². The van der Waals surface area contributed by atoms with E-state index in [0.717, 1.165) is 22.3 Å². The molecule has 0 radical (unpaired) electrons. The smallest absolute Gasteiger partial charge is 0.137 e. The minimum Gasteiger partial charge on any atom is -0.383 e. The Morgan fingerprint density at radius 2 is 0.976 bits per heavy atom. The molecule has 5 atom stereocenters. The maximum Gasteiger partial charge on any atom is 0.137 e. The molecule has 7 nitrogen and oxygen atoms in total. The van der Waals surface area contributed by atoms with Gasteiger partial charge in [0.2, 0.25) is 0 Å². The molecule has 0 bridgehead atoms. The van der Waals surface area contributed by atoms with Crippen molar-refractivity contribution >= 4 is 0 Å². The van der Waals surface area contributed by atoms with Gasteiger partial charge in [0.1, 0.15) is 23.9 Å². The van der Waals surface area contributed by atoms with Gasteiger partial charge in [0, 0.05) is 0 Å². The van der Waals surface area contributed by atoms with Crippen LogP contribution in [0.2, 0.25) is 0 Å². The van der Waals surface area contributed by atoms with Crippen LogP contribution in [0.4, 0.5) is 0 Å². The van der Waals surface area contributed by atoms with Gasteiger partial charge in [-0.2, -0.15) is 5.48 Å². The fourth-order valence-electron chi connectivity index (χ4n) is 5.39. The molecule has 1 aliphatic carbocycles. The second kappa shape index (κ2) is 15.2. The summed E-state index contributed by atoms with van der Waals surface area (Å²) in [4.78, 5) is 5.43. The van der Waals surface area contributed by atoms with Gasteiger partial charge in [0.05, 0.1) is 46.2 Å². The molecule has 4 aromatic carbocycles. The van der Waals surface area contributed by atoms with E-state index in [4.69, 9.17) is 23.8 Å². The third kappa shape index (κ3) is 7.70. The molecule has 7 heteroatoms. The molecule has 0 aromatic heterocycles. The van der Waals surface area contributed by atoms with Crippen molar-refractivity contribution in [2.24, 2.45) is 0 Å². The number of hydrogen-bond acceptors (Lipinski definition) is 7. The van der Waals surface area contributed by atoms with Gasteiger partial charge >= 0.3 is 0 Å². The Labute approximate surface area is 247 Å². The van der Waals surface area contributed by atoms with Gasteiger partial charge in [-0.1, -0.05) is 121 Å². The maximum absolute atomic E-state index is 12.5. The van der Waals surface area contributed by atoms with E-state index < -0.39 is 30.0 Å². The summed E-state index contributed by atoms with van der Waals surface area (Å²) < 4.78 is 25.8. The lowest BCUT2D eigenvalue weighted by Crippen LogP contribution is -2.58. The predicted molar refractivity (Wildman–Crippen MR) is 160 cm³/mol. The van der Waals surface area contributed by atoms with Crippen LogP contribution in [-0.2, 0) is 50.2 Å². The summed E-state index contributed by atoms with van der Waals surface area (Å²) in [5.41, 5.74) is 5.46. The van der Waals surface area contributed by atoms with Crippen molar-refractivity contribution in [2.45, 2.75) is 56.4 Å². The fraction of sp³-hybridized carbons (Fsp3) is 0.314. The molecule has 4 aromatic rings. The Morgan fingerprint density at radius 1 is 0.571 bits per heavy atom. The van der Waals surface area contributed by atoms with E-state index >= 15 is 0 Å². The summed E-state index contributed by atoms with van der Waals surface area (Å²) in [6.45, 7) is 1.23. The number of nitrogens with one attached hydrogen (secondary N) is 1. The molecule has 0 heterocycles. The van der Waals surface area contributed by atoms with Gasteiger partial charge in [-0.05, 0) is 22.3 Å². The highest BCUT2D eigenvalue weighted by atomic mass is 16.6. The summed E-state index contributed by atoms with van der Waals surface area (Å²) in [6, 6.07) is 38.9. The summed E-state index contributed by atoms with van der Waals surface area (Å²) in [5, 5.41) is 12.5. The summed E-state index contributed by atoms with van der Waals surface area (Å²) in [5.74, 6) is 0. The Morgan fingerprint density at radius 3 is 1.43 bits per heavy atom. The second-order valence-corrected chi connectivity index (χ2v) is 10.5. The zero-order valence-electron chi connectivity index (χ0n) is 23.9. The molecule has 5 rings (SSSR count). The first-order valence-electron chi connectivity index (χ1n) is 14.3. The van der Waals surface area contributed by atoms with Crippen LogP contribution in [-0.4, -0.2) is 48.8 Å². The van der Waals surface area contributed by atoms with Crippen molar-refractivity contribution in [3.63, 3.8) is 0 Å². The first kappa shape index (κ1) is 30.1. The predicted octanol–water partition coefficient (Wildman–Crippen LogP) is 5.22. The lowest BCUT2D eigenvalue weighted by molar-refractivity contribution is -0.180. The highest BCUT2D eigenvalue weighted by molar-refractivity contribution is 5.20. The van der Waals surface area contributed by atoms with Crippen molar-refractivity contribution < 1.29 is 28.9 Å². The first-order chi connectivity index (χ1) is 20.7. The number of hydroxylamine groups is 1. The van der Waals surface area contributed by atoms with Gasteiger partial charge in [0.15, 0.2) is 0 Å². The molecule has 2 N–H and O–H groups in total. The molecular formula is C35H39NO6. The standard InChI is InChI=1S/C35H39NO6/c1-38-36-33-31(40-23-28-16-8-3-9-17-28)32(41-24-29-18-10-4-11-19-29)34(42-25-30-20-12-5-13-21-30)35(33,37)26-39-22-27-14-6-2-7-15-27/h2-21,31-34,36-37H,22-26H2,1H3/t31-,32-,33+,34-,35-/m1/s1. The molecule has 0 unspecified atom stereocenters. The number of ether oxygens (including phenoxy) is 4. The molecule has 220 valence electrons. The highest BCUT2D eigenvalue weighted by Gasteiger charge is 2.62. The number of benzene rings is 4. The molecule has 0 amide bonds. The average molecular weight is 570 g/mol. The van der Waals surface area contributed by atoms with Crippen LogP contribution in [0, 0.1) is 0 Å². The minimum absolute atomic E-state index is 0.0290. The third-order valence-corrected chi connectivity index (χ3v) is 7.51. The fourth-order valence-corrected chi connectivity index (χ4v) is 5.39. The van der Waals surface area contributed by atoms with Crippen molar-refractivity contribution in [3.8, 4) is 0 Å². The third-order valence-electron chi connectivity index (χ3n) is 7.51. The van der Waals surface area contributed by atoms with E-state index in [1.807, 2.05) is 121 Å². The zero-order chi connectivity index (χ0) is 29.0. The second-order valence-electron chi connectivity index (χ2n) is 10.5. The quantitative estimate of drug-likeness (QED) is 0.190. The van der Waals surface area contributed by atoms with E-state index in [9.17, 15) is 5.11 Å². The van der Waals surface area contributed by atoms with Crippen molar-refractivity contribution in [1.29, 1.82) is 0 Å². The molecule has 1 fully saturated rings. The largest absolute Gasteiger partial charge is 0.383 e. The molecule has 0 spiro atoms. The summed E-state index contributed by atoms with van der Waals surface area (Å²) in [7, 11) is 1.53. The Bertz CT molecular complexity index is 1310. The normalized spacial score (nSPS) is 23.7. The van der Waals surface area contributed by atoms with Crippen LogP contribution in [0.25, 0.3) is 0 Å². The van der Waals surface area contributed by atoms with E-state index in [0.29, 0.717) is 19.8 Å². The van der Waals surface area contributed by atoms with Crippen molar-refractivity contribution in [1.82, 2.24) is 5.48 Å². The number of aliphatic hydroxyl groups is 1. The van der Waals surface area contributed by atoms with Crippen LogP contribution in [0.15, 0.2) is 121 Å². The average Bonchev–Trinajstić information content (AvgIpc) is 3.26. The molecule has 42 heavy (non-hydrogen) atoms. The molecule has 0 aliphatic heterocycles. The van der Waals surface area contributed by atoms with Gasteiger partial charge in [-0.3, -0.25) is 0 Å². The van der Waals surface area contributed by atoms with Crippen molar-refractivity contribution in [3.05, 3.63) is 144 Å². The van der Waals surface area contributed by atoms with Gasteiger partial charge < -0.3 is 28.9 Å². The van der Waals surface area contributed by atoms with E-state index in [-0.39, 0.29) is 13.2 Å². The zero-order valence-corrected chi connectivity index (χ0v) is 23.9. The molecule has 1 saturated carbocycles. The van der Waals surface area contributed by atoms with Gasteiger partial charge in [-0.15, -0.1) is 0 Å². The highest BCUT2D eigenvalue weighted by Crippen LogP contribution is 2.39. The number of hydrogen-bond donors (Lipinski definition) is 2. The van der Waals surface area contributed by atoms with E-state index in [1.54, 1.807) is 0 Å². The van der Waals surface area contributed by atoms with Crippen LogP contribution in [0.1, 0.15) is 22.3 Å². The topological polar surface area (TPSA) is 78.4 Å². The lowest BCUT2D eigenvalue weighted by atomic mass is 9.96. The van der Waals surface area contributed by atoms with Crippen LogP contribution < -0.4 is 5.48 Å². The SMILES string of the molecule is CON[C@H]1[C@H](OCc2ccccc2)[C@@H](OCc2ccccc2)[C@@H](OCc2ccccc2)[C@@]1(O)COCc1ccccc1. The minimum atomic E-state index is -1.55. The van der Waals surface area contributed by atoms with Crippen molar-refractivity contribution in [2.75, 3.05) is 13.7 Å². The maximum atomic E-state index is 12.5. The van der Waals surface area contributed by atoms with Crippen LogP contribution in [0.5, 0.6) is 0 Å².